The summed E-state index contributed by atoms with van der Waals surface area (Å²) in [7, 11) is 1.27. The van der Waals surface area contributed by atoms with E-state index >= 15 is 0 Å². The molecule has 1 aromatic rings. The number of nitrogens with zero attached hydrogens (tertiary/aromatic N) is 1. The molecule has 0 amide bonds. The molecule has 0 aliphatic rings. The SMILES string of the molecule is COC(=O)CC#Cc1nc(C)ccc1F. The van der Waals surface area contributed by atoms with E-state index in [4.69, 9.17) is 0 Å². The molecular weight excluding hydrogens is 197 g/mol. The van der Waals surface area contributed by atoms with Gasteiger partial charge in [0, 0.05) is 5.69 Å². The van der Waals surface area contributed by atoms with Crippen molar-refractivity contribution in [2.75, 3.05) is 7.11 Å². The third kappa shape index (κ3) is 3.39. The maximum absolute atomic E-state index is 13.1. The molecule has 0 aliphatic heterocycles. The van der Waals surface area contributed by atoms with Gasteiger partial charge in [-0.2, -0.15) is 0 Å². The van der Waals surface area contributed by atoms with Crippen LogP contribution in [0.2, 0.25) is 0 Å². The highest BCUT2D eigenvalue weighted by atomic mass is 19.1. The molecular formula is C11H10FNO2. The predicted molar refractivity (Wildman–Crippen MR) is 52.4 cm³/mol. The molecule has 0 saturated carbocycles. The van der Waals surface area contributed by atoms with Crippen LogP contribution in [0, 0.1) is 24.6 Å². The van der Waals surface area contributed by atoms with Crippen molar-refractivity contribution in [3.05, 3.63) is 29.3 Å². The lowest BCUT2D eigenvalue weighted by molar-refractivity contribution is -0.139. The lowest BCUT2D eigenvalue weighted by Crippen LogP contribution is -1.97. The minimum Gasteiger partial charge on any atom is -0.468 e. The van der Waals surface area contributed by atoms with E-state index in [9.17, 15) is 9.18 Å². The second-order valence-electron chi connectivity index (χ2n) is 2.84. The van der Waals surface area contributed by atoms with Crippen molar-refractivity contribution in [2.45, 2.75) is 13.3 Å². The van der Waals surface area contributed by atoms with Gasteiger partial charge < -0.3 is 4.74 Å². The van der Waals surface area contributed by atoms with Crippen LogP contribution in [0.5, 0.6) is 0 Å². The van der Waals surface area contributed by atoms with Crippen molar-refractivity contribution >= 4 is 5.97 Å². The number of methoxy groups -OCH3 is 1. The minimum absolute atomic E-state index is 0.0545. The predicted octanol–water partition coefficient (Wildman–Crippen LogP) is 1.44. The molecule has 4 heteroatoms. The van der Waals surface area contributed by atoms with Gasteiger partial charge in [0.1, 0.15) is 12.1 Å². The minimum atomic E-state index is -0.488. The third-order valence-electron chi connectivity index (χ3n) is 1.65. The first-order valence-electron chi connectivity index (χ1n) is 4.32. The first-order chi connectivity index (χ1) is 7.13. The fraction of sp³-hybridized carbons (Fsp3) is 0.273. The van der Waals surface area contributed by atoms with Crippen LogP contribution in [0.25, 0.3) is 0 Å². The smallest absolute Gasteiger partial charge is 0.317 e. The highest BCUT2D eigenvalue weighted by molar-refractivity contribution is 5.72. The van der Waals surface area contributed by atoms with E-state index in [0.717, 1.165) is 0 Å². The molecule has 0 aromatic carbocycles. The Kier molecular flexibility index (Phi) is 3.81. The molecule has 3 nitrogen and oxygen atoms in total. The zero-order valence-corrected chi connectivity index (χ0v) is 8.50. The number of pyridine rings is 1. The van der Waals surface area contributed by atoms with Crippen LogP contribution in [0.15, 0.2) is 12.1 Å². The van der Waals surface area contributed by atoms with Gasteiger partial charge in [-0.15, -0.1) is 0 Å². The van der Waals surface area contributed by atoms with Crippen LogP contribution in [0.4, 0.5) is 4.39 Å². The summed E-state index contributed by atoms with van der Waals surface area (Å²) in [5.74, 6) is 4.04. The van der Waals surface area contributed by atoms with Gasteiger partial charge in [-0.3, -0.25) is 4.79 Å². The number of halogens is 1. The summed E-state index contributed by atoms with van der Waals surface area (Å²) in [4.78, 5) is 14.6. The standard InChI is InChI=1S/C11H10FNO2/c1-8-6-7-9(12)10(13-8)4-3-5-11(14)15-2/h6-7H,5H2,1-2H3. The summed E-state index contributed by atoms with van der Waals surface area (Å²) in [6, 6.07) is 2.85. The van der Waals surface area contributed by atoms with E-state index in [1.54, 1.807) is 13.0 Å². The van der Waals surface area contributed by atoms with Crippen molar-refractivity contribution in [3.8, 4) is 11.8 Å². The Balaban J connectivity index is 2.79. The van der Waals surface area contributed by atoms with Crippen LogP contribution in [0.1, 0.15) is 17.8 Å². The topological polar surface area (TPSA) is 39.2 Å². The van der Waals surface area contributed by atoms with E-state index in [-0.39, 0.29) is 12.1 Å². The highest BCUT2D eigenvalue weighted by Gasteiger charge is 2.00. The van der Waals surface area contributed by atoms with Gasteiger partial charge in [-0.05, 0) is 25.0 Å². The molecule has 15 heavy (non-hydrogen) atoms. The second kappa shape index (κ2) is 5.11. The van der Waals surface area contributed by atoms with Gasteiger partial charge in [-0.1, -0.05) is 5.92 Å². The third-order valence-corrected chi connectivity index (χ3v) is 1.65. The zero-order chi connectivity index (χ0) is 11.3. The number of aryl methyl sites for hydroxylation is 1. The lowest BCUT2D eigenvalue weighted by atomic mass is 10.3. The summed E-state index contributed by atoms with van der Waals surface area (Å²) < 4.78 is 17.5. The molecule has 0 fully saturated rings. The fourth-order valence-electron chi connectivity index (χ4n) is 0.900. The molecule has 1 heterocycles. The Morgan fingerprint density at radius 3 is 3.00 bits per heavy atom. The van der Waals surface area contributed by atoms with Crippen LogP contribution in [-0.4, -0.2) is 18.1 Å². The number of hydrogen-bond donors (Lipinski definition) is 0. The zero-order valence-electron chi connectivity index (χ0n) is 8.50. The molecule has 0 aliphatic carbocycles. The summed E-state index contributed by atoms with van der Waals surface area (Å²) in [5.41, 5.74) is 0.734. The number of esters is 1. The van der Waals surface area contributed by atoms with Crippen LogP contribution in [0.3, 0.4) is 0 Å². The lowest BCUT2D eigenvalue weighted by Gasteiger charge is -1.95. The molecule has 0 N–H and O–H groups in total. The Morgan fingerprint density at radius 1 is 1.60 bits per heavy atom. The number of aromatic nitrogens is 1. The monoisotopic (exact) mass is 207 g/mol. The average Bonchev–Trinajstić information content (AvgIpc) is 2.23. The molecule has 0 radical (unpaired) electrons. The summed E-state index contributed by atoms with van der Waals surface area (Å²) in [5, 5.41) is 0. The maximum atomic E-state index is 13.1. The molecule has 0 spiro atoms. The van der Waals surface area contributed by atoms with Gasteiger partial charge in [0.05, 0.1) is 7.11 Å². The van der Waals surface area contributed by atoms with E-state index in [2.05, 4.69) is 21.6 Å². The number of hydrogen-bond acceptors (Lipinski definition) is 3. The molecule has 0 bridgehead atoms. The van der Waals surface area contributed by atoms with Gasteiger partial charge in [0.25, 0.3) is 0 Å². The Labute approximate surface area is 87.3 Å². The van der Waals surface area contributed by atoms with Crippen molar-refractivity contribution in [1.29, 1.82) is 0 Å². The number of carbonyl (C=O) groups excluding carboxylic acids is 1. The average molecular weight is 207 g/mol. The largest absolute Gasteiger partial charge is 0.468 e. The van der Waals surface area contributed by atoms with Crippen LogP contribution < -0.4 is 0 Å². The molecule has 0 atom stereocenters. The van der Waals surface area contributed by atoms with Gasteiger partial charge >= 0.3 is 5.97 Å². The van der Waals surface area contributed by atoms with E-state index in [0.29, 0.717) is 5.69 Å². The number of rotatable bonds is 1. The second-order valence-corrected chi connectivity index (χ2v) is 2.84. The van der Waals surface area contributed by atoms with E-state index in [1.807, 2.05) is 0 Å². The maximum Gasteiger partial charge on any atom is 0.317 e. The van der Waals surface area contributed by atoms with E-state index < -0.39 is 11.8 Å². The molecule has 78 valence electrons. The van der Waals surface area contributed by atoms with Crippen molar-refractivity contribution in [2.24, 2.45) is 0 Å². The summed E-state index contributed by atoms with van der Waals surface area (Å²) >= 11 is 0. The van der Waals surface area contributed by atoms with Crippen molar-refractivity contribution in [3.63, 3.8) is 0 Å². The fourth-order valence-corrected chi connectivity index (χ4v) is 0.900. The number of ether oxygens (including phenoxy) is 1. The summed E-state index contributed by atoms with van der Waals surface area (Å²) in [6.07, 6.45) is -0.0639. The van der Waals surface area contributed by atoms with Crippen molar-refractivity contribution in [1.82, 2.24) is 4.98 Å². The van der Waals surface area contributed by atoms with Crippen LogP contribution >= 0.6 is 0 Å². The first kappa shape index (κ1) is 11.2. The molecule has 1 aromatic heterocycles. The van der Waals surface area contributed by atoms with Gasteiger partial charge in [0.2, 0.25) is 0 Å². The Bertz CT molecular complexity index is 432. The highest BCUT2D eigenvalue weighted by Crippen LogP contribution is 2.03. The van der Waals surface area contributed by atoms with Crippen LogP contribution in [-0.2, 0) is 9.53 Å². The Morgan fingerprint density at radius 2 is 2.33 bits per heavy atom. The van der Waals surface area contributed by atoms with Gasteiger partial charge in [-0.25, -0.2) is 9.37 Å². The molecule has 0 saturated heterocycles. The normalized spacial score (nSPS) is 9.00. The summed E-state index contributed by atoms with van der Waals surface area (Å²) in [6.45, 7) is 1.74. The number of carbonyl (C=O) groups is 1. The molecule has 0 unspecified atom stereocenters. The quantitative estimate of drug-likeness (QED) is 0.516. The van der Waals surface area contributed by atoms with Crippen molar-refractivity contribution < 1.29 is 13.9 Å². The Hall–Kier alpha value is -1.89. The van der Waals surface area contributed by atoms with E-state index in [1.165, 1.54) is 13.2 Å². The first-order valence-corrected chi connectivity index (χ1v) is 4.32. The molecule has 1 rings (SSSR count). The van der Waals surface area contributed by atoms with Gasteiger partial charge in [0.15, 0.2) is 5.82 Å².